The Morgan fingerprint density at radius 3 is 2.74 bits per heavy atom. The van der Waals surface area contributed by atoms with Gasteiger partial charge in [0.25, 0.3) is 0 Å². The van der Waals surface area contributed by atoms with E-state index in [2.05, 4.69) is 15.3 Å². The Hall–Kier alpha value is -1.45. The lowest BCUT2D eigenvalue weighted by Crippen LogP contribution is -2.52. The van der Waals surface area contributed by atoms with Crippen molar-refractivity contribution >= 4 is 40.0 Å². The second-order valence-corrected chi connectivity index (χ2v) is 7.75. The van der Waals surface area contributed by atoms with Crippen molar-refractivity contribution in [1.82, 2.24) is 10.3 Å². The molecule has 0 spiro atoms. The van der Waals surface area contributed by atoms with Gasteiger partial charge in [-0.15, -0.1) is 23.1 Å². The number of hydrogen-bond acceptors (Lipinski definition) is 7. The Balaban J connectivity index is 2.15. The van der Waals surface area contributed by atoms with Crippen molar-refractivity contribution in [3.05, 3.63) is 16.1 Å². The predicted octanol–water partition coefficient (Wildman–Crippen LogP) is 1.08. The van der Waals surface area contributed by atoms with Crippen LogP contribution < -0.4 is 11.1 Å². The lowest BCUT2D eigenvalue weighted by molar-refractivity contribution is -0.143. The fraction of sp³-hybridized carbons (Fsp3) is 0.571. The summed E-state index contributed by atoms with van der Waals surface area (Å²) in [5.41, 5.74) is 5.28. The maximum Gasteiger partial charge on any atom is 0.326 e. The number of aromatic nitrogens is 1. The highest BCUT2D eigenvalue weighted by Crippen LogP contribution is 2.31. The first-order valence-electron chi connectivity index (χ1n) is 7.18. The number of amides is 1. The zero-order valence-corrected chi connectivity index (χ0v) is 14.8. The average molecular weight is 356 g/mol. The molecule has 0 unspecified atom stereocenters. The van der Waals surface area contributed by atoms with Crippen molar-refractivity contribution in [3.63, 3.8) is 0 Å². The minimum atomic E-state index is -1.04. The molecular weight excluding hydrogens is 336 g/mol. The molecule has 0 fully saturated rings. The quantitative estimate of drug-likeness (QED) is 0.702. The molecule has 0 bridgehead atoms. The summed E-state index contributed by atoms with van der Waals surface area (Å²) in [6.07, 6.45) is 0. The number of aliphatic imine (C=N–C) groups is 1. The summed E-state index contributed by atoms with van der Waals surface area (Å²) in [5.74, 6) is -1.17. The predicted molar refractivity (Wildman–Crippen MR) is 91.8 cm³/mol. The molecule has 2 rings (SSSR count). The van der Waals surface area contributed by atoms with E-state index in [1.807, 2.05) is 5.38 Å². The van der Waals surface area contributed by atoms with Crippen molar-refractivity contribution in [2.45, 2.75) is 38.9 Å². The van der Waals surface area contributed by atoms with E-state index in [1.54, 1.807) is 20.8 Å². The molecule has 4 N–H and O–H groups in total. The molecule has 0 saturated carbocycles. The van der Waals surface area contributed by atoms with Crippen LogP contribution in [0.2, 0.25) is 0 Å². The van der Waals surface area contributed by atoms with Gasteiger partial charge in [-0.1, -0.05) is 13.8 Å². The Kier molecular flexibility index (Phi) is 5.43. The molecule has 2 atom stereocenters. The lowest BCUT2D eigenvalue weighted by Gasteiger charge is -2.24. The molecule has 1 aliphatic heterocycles. The summed E-state index contributed by atoms with van der Waals surface area (Å²) in [4.78, 5) is 32.6. The number of carbonyl (C=O) groups excluding carboxylic acids is 1. The number of thioether (sulfide) groups is 1. The van der Waals surface area contributed by atoms with Crippen molar-refractivity contribution in [2.75, 3.05) is 5.75 Å². The van der Waals surface area contributed by atoms with Crippen LogP contribution in [0.15, 0.2) is 10.4 Å². The first kappa shape index (κ1) is 17.9. The average Bonchev–Trinajstić information content (AvgIpc) is 3.10. The maximum absolute atomic E-state index is 12.5. The molecule has 0 radical (unpaired) electrons. The van der Waals surface area contributed by atoms with Crippen LogP contribution in [0.5, 0.6) is 0 Å². The van der Waals surface area contributed by atoms with Crippen LogP contribution in [0.4, 0.5) is 0 Å². The third kappa shape index (κ3) is 3.91. The van der Waals surface area contributed by atoms with Gasteiger partial charge in [0.15, 0.2) is 0 Å². The van der Waals surface area contributed by atoms with Crippen molar-refractivity contribution < 1.29 is 14.7 Å². The molecule has 1 aromatic heterocycles. The first-order valence-corrected chi connectivity index (χ1v) is 9.04. The van der Waals surface area contributed by atoms with Gasteiger partial charge in [0.2, 0.25) is 5.91 Å². The molecule has 0 aliphatic carbocycles. The Bertz CT molecular complexity index is 644. The third-order valence-electron chi connectivity index (χ3n) is 3.49. The van der Waals surface area contributed by atoms with E-state index in [1.165, 1.54) is 23.1 Å². The van der Waals surface area contributed by atoms with E-state index in [0.29, 0.717) is 17.3 Å². The number of carbonyl (C=O) groups is 2. The van der Waals surface area contributed by atoms with E-state index in [4.69, 9.17) is 5.73 Å². The number of carboxylic acids is 1. The molecule has 1 aliphatic rings. The molecule has 1 amide bonds. The molecular formula is C14H20N4O3S2. The van der Waals surface area contributed by atoms with Crippen molar-refractivity contribution in [2.24, 2.45) is 16.6 Å². The van der Waals surface area contributed by atoms with Gasteiger partial charge in [-0.2, -0.15) is 0 Å². The van der Waals surface area contributed by atoms with Crippen molar-refractivity contribution in [1.29, 1.82) is 0 Å². The highest BCUT2D eigenvalue weighted by atomic mass is 32.2. The van der Waals surface area contributed by atoms with Gasteiger partial charge in [0.1, 0.15) is 27.3 Å². The largest absolute Gasteiger partial charge is 0.480 e. The van der Waals surface area contributed by atoms with E-state index < -0.39 is 17.6 Å². The first-order chi connectivity index (χ1) is 10.8. The van der Waals surface area contributed by atoms with Gasteiger partial charge in [0.05, 0.1) is 0 Å². The summed E-state index contributed by atoms with van der Waals surface area (Å²) in [6, 6.07) is -0.924. The monoisotopic (exact) mass is 356 g/mol. The van der Waals surface area contributed by atoms with Crippen LogP contribution in [0.25, 0.3) is 0 Å². The molecule has 0 aromatic carbocycles. The number of thiazole rings is 1. The summed E-state index contributed by atoms with van der Waals surface area (Å²) >= 11 is 2.90. The van der Waals surface area contributed by atoms with E-state index >= 15 is 0 Å². The minimum absolute atomic E-state index is 0.205. The molecule has 0 saturated heterocycles. The van der Waals surface area contributed by atoms with Crippen LogP contribution in [-0.4, -0.2) is 44.3 Å². The fourth-order valence-electron chi connectivity index (χ4n) is 2.06. The molecule has 1 aromatic rings. The summed E-state index contributed by atoms with van der Waals surface area (Å²) in [5, 5.41) is 15.2. The highest BCUT2D eigenvalue weighted by molar-refractivity contribution is 8.14. The molecule has 7 nitrogen and oxygen atoms in total. The normalized spacial score (nSPS) is 22.0. The van der Waals surface area contributed by atoms with Crippen LogP contribution in [0, 0.1) is 5.92 Å². The van der Waals surface area contributed by atoms with Crippen LogP contribution in [0.1, 0.15) is 31.5 Å². The molecule has 9 heteroatoms. The van der Waals surface area contributed by atoms with Crippen LogP contribution >= 0.6 is 23.1 Å². The minimum Gasteiger partial charge on any atom is -0.480 e. The van der Waals surface area contributed by atoms with E-state index in [-0.39, 0.29) is 11.8 Å². The van der Waals surface area contributed by atoms with E-state index in [0.717, 1.165) is 10.7 Å². The summed E-state index contributed by atoms with van der Waals surface area (Å²) < 4.78 is 0. The number of nitrogens with two attached hydrogens (primary N) is 1. The van der Waals surface area contributed by atoms with Crippen LogP contribution in [-0.2, 0) is 16.1 Å². The summed E-state index contributed by atoms with van der Waals surface area (Å²) in [7, 11) is 0. The standard InChI is InChI=1S/C14H20N4O3S2/c1-7(2)10(12(19)20)17-13(21)14(3)6-23-11(18-14)8-5-22-9(4-15)16-8/h5,7,10H,4,6,15H2,1-3H3,(H,17,21)(H,19,20)/t10-,14-/m0/s1. The second-order valence-electron chi connectivity index (χ2n) is 5.84. The highest BCUT2D eigenvalue weighted by Gasteiger charge is 2.41. The maximum atomic E-state index is 12.5. The third-order valence-corrected chi connectivity index (χ3v) is 5.64. The Morgan fingerprint density at radius 1 is 1.52 bits per heavy atom. The molecule has 2 heterocycles. The number of nitrogens with one attached hydrogen (secondary N) is 1. The SMILES string of the molecule is CC(C)[C@H](NC(=O)[C@]1(C)CSC(c2csc(CN)n2)=N1)C(=O)O. The zero-order chi connectivity index (χ0) is 17.2. The van der Waals surface area contributed by atoms with Crippen LogP contribution in [0.3, 0.4) is 0 Å². The lowest BCUT2D eigenvalue weighted by atomic mass is 10.0. The van der Waals surface area contributed by atoms with Gasteiger partial charge in [0, 0.05) is 17.7 Å². The number of nitrogens with zero attached hydrogens (tertiary/aromatic N) is 2. The smallest absolute Gasteiger partial charge is 0.326 e. The van der Waals surface area contributed by atoms with Gasteiger partial charge >= 0.3 is 5.97 Å². The van der Waals surface area contributed by atoms with Gasteiger partial charge in [-0.05, 0) is 12.8 Å². The van der Waals surface area contributed by atoms with Crippen molar-refractivity contribution in [3.8, 4) is 0 Å². The number of rotatable bonds is 6. The van der Waals surface area contributed by atoms with Gasteiger partial charge in [-0.3, -0.25) is 9.79 Å². The topological polar surface area (TPSA) is 118 Å². The number of aliphatic carboxylic acids is 1. The Labute approximate surface area is 142 Å². The molecule has 23 heavy (non-hydrogen) atoms. The van der Waals surface area contributed by atoms with E-state index in [9.17, 15) is 14.7 Å². The second kappa shape index (κ2) is 6.98. The zero-order valence-electron chi connectivity index (χ0n) is 13.2. The summed E-state index contributed by atoms with van der Waals surface area (Å²) in [6.45, 7) is 5.58. The number of hydrogen-bond donors (Lipinski definition) is 3. The van der Waals surface area contributed by atoms with Gasteiger partial charge < -0.3 is 16.2 Å². The molecule has 126 valence electrons. The fourth-order valence-corrected chi connectivity index (χ4v) is 3.92. The number of carboxylic acid groups (broad SMARTS) is 1. The Morgan fingerprint density at radius 2 is 2.22 bits per heavy atom. The van der Waals surface area contributed by atoms with Gasteiger partial charge in [-0.25, -0.2) is 9.78 Å².